The maximum Gasteiger partial charge on any atom is 0.236 e. The smallest absolute Gasteiger partial charge is 0.236 e. The van der Waals surface area contributed by atoms with E-state index in [-0.39, 0.29) is 23.6 Å². The molecule has 1 aliphatic rings. The zero-order chi connectivity index (χ0) is 14.1. The van der Waals surface area contributed by atoms with Gasteiger partial charge in [-0.15, -0.1) is 0 Å². The lowest BCUT2D eigenvalue weighted by molar-refractivity contribution is -0.126. The Balaban J connectivity index is 1.80. The third kappa shape index (κ3) is 2.27. The molecule has 0 unspecified atom stereocenters. The predicted molar refractivity (Wildman–Crippen MR) is 71.0 cm³/mol. The van der Waals surface area contributed by atoms with Crippen LogP contribution in [0.3, 0.4) is 0 Å². The van der Waals surface area contributed by atoms with E-state index in [0.29, 0.717) is 5.58 Å². The second-order valence-corrected chi connectivity index (χ2v) is 5.27. The summed E-state index contributed by atoms with van der Waals surface area (Å²) < 4.78 is 18.6. The number of hydrogen-bond donors (Lipinski definition) is 2. The monoisotopic (exact) mass is 277 g/mol. The van der Waals surface area contributed by atoms with Crippen molar-refractivity contribution in [3.05, 3.63) is 29.7 Å². The first-order valence-corrected chi connectivity index (χ1v) is 6.74. The van der Waals surface area contributed by atoms with Crippen LogP contribution in [0.4, 0.5) is 4.39 Å². The number of aromatic nitrogens is 1. The number of amides is 1. The Morgan fingerprint density at radius 2 is 2.10 bits per heavy atom. The van der Waals surface area contributed by atoms with E-state index in [9.17, 15) is 9.18 Å². The highest BCUT2D eigenvalue weighted by Crippen LogP contribution is 2.38. The lowest BCUT2D eigenvalue weighted by Crippen LogP contribution is -2.37. The van der Waals surface area contributed by atoms with Crippen LogP contribution < -0.4 is 11.3 Å². The van der Waals surface area contributed by atoms with Crippen LogP contribution in [0.1, 0.15) is 37.3 Å². The summed E-state index contributed by atoms with van der Waals surface area (Å²) in [5, 5.41) is 4.82. The quantitative estimate of drug-likeness (QED) is 0.501. The molecular formula is C14H16FN3O2. The Bertz CT molecular complexity index is 632. The number of carbonyl (C=O) groups excluding carboxylic acids is 1. The predicted octanol–water partition coefficient (Wildman–Crippen LogP) is 2.23. The second kappa shape index (κ2) is 5.20. The molecule has 1 fully saturated rings. The van der Waals surface area contributed by atoms with Crippen LogP contribution in [-0.4, -0.2) is 11.1 Å². The molecule has 1 aromatic carbocycles. The Kier molecular flexibility index (Phi) is 3.40. The molecule has 1 heterocycles. The minimum atomic E-state index is -0.293. The highest BCUT2D eigenvalue weighted by Gasteiger charge is 2.29. The highest BCUT2D eigenvalue weighted by atomic mass is 19.1. The highest BCUT2D eigenvalue weighted by molar-refractivity contribution is 5.80. The second-order valence-electron chi connectivity index (χ2n) is 5.27. The summed E-state index contributed by atoms with van der Waals surface area (Å²) >= 11 is 0. The van der Waals surface area contributed by atoms with Crippen LogP contribution in [0.2, 0.25) is 0 Å². The molecule has 1 aromatic heterocycles. The van der Waals surface area contributed by atoms with Crippen molar-refractivity contribution in [3.8, 4) is 0 Å². The van der Waals surface area contributed by atoms with Crippen LogP contribution in [-0.2, 0) is 4.79 Å². The van der Waals surface area contributed by atoms with Gasteiger partial charge in [-0.2, -0.15) is 0 Å². The molecular weight excluding hydrogens is 261 g/mol. The van der Waals surface area contributed by atoms with Gasteiger partial charge in [0.25, 0.3) is 0 Å². The molecule has 0 aliphatic heterocycles. The molecule has 0 saturated heterocycles. The summed E-state index contributed by atoms with van der Waals surface area (Å²) in [6.45, 7) is 0. The van der Waals surface area contributed by atoms with E-state index in [1.807, 2.05) is 0 Å². The third-order valence-electron chi connectivity index (χ3n) is 4.09. The minimum Gasteiger partial charge on any atom is -0.356 e. The molecule has 0 spiro atoms. The van der Waals surface area contributed by atoms with E-state index >= 15 is 0 Å². The molecule has 3 N–H and O–H groups in total. The van der Waals surface area contributed by atoms with E-state index in [1.165, 1.54) is 12.1 Å². The number of benzene rings is 1. The zero-order valence-corrected chi connectivity index (χ0v) is 10.9. The molecule has 0 radical (unpaired) electrons. The van der Waals surface area contributed by atoms with Crippen molar-refractivity contribution in [1.29, 1.82) is 0 Å². The van der Waals surface area contributed by atoms with Crippen molar-refractivity contribution in [1.82, 2.24) is 10.6 Å². The molecule has 3 rings (SSSR count). The normalized spacial score (nSPS) is 22.9. The SMILES string of the molecule is NNC(=O)[C@H]1CC[C@H](c2noc3ccc(F)cc32)CC1. The van der Waals surface area contributed by atoms with Crippen LogP contribution in [0.5, 0.6) is 0 Å². The average Bonchev–Trinajstić information content (AvgIpc) is 2.89. The fourth-order valence-corrected chi connectivity index (χ4v) is 2.97. The molecule has 6 heteroatoms. The number of carbonyl (C=O) groups is 1. The third-order valence-corrected chi connectivity index (χ3v) is 4.09. The van der Waals surface area contributed by atoms with Crippen molar-refractivity contribution in [3.63, 3.8) is 0 Å². The van der Waals surface area contributed by atoms with Crippen LogP contribution in [0.15, 0.2) is 22.7 Å². The largest absolute Gasteiger partial charge is 0.356 e. The van der Waals surface area contributed by atoms with Gasteiger partial charge in [0, 0.05) is 17.2 Å². The first kappa shape index (κ1) is 13.1. The minimum absolute atomic E-state index is 0.0360. The van der Waals surface area contributed by atoms with E-state index in [2.05, 4.69) is 10.6 Å². The van der Waals surface area contributed by atoms with Crippen molar-refractivity contribution in [2.45, 2.75) is 31.6 Å². The Labute approximate surface area is 115 Å². The van der Waals surface area contributed by atoms with Crippen LogP contribution >= 0.6 is 0 Å². The van der Waals surface area contributed by atoms with Crippen molar-refractivity contribution >= 4 is 16.9 Å². The van der Waals surface area contributed by atoms with Crippen molar-refractivity contribution in [2.75, 3.05) is 0 Å². The topological polar surface area (TPSA) is 81.1 Å². The van der Waals surface area contributed by atoms with Gasteiger partial charge in [0.05, 0.1) is 5.69 Å². The van der Waals surface area contributed by atoms with Gasteiger partial charge >= 0.3 is 0 Å². The van der Waals surface area contributed by atoms with Crippen molar-refractivity contribution in [2.24, 2.45) is 11.8 Å². The summed E-state index contributed by atoms with van der Waals surface area (Å²) in [7, 11) is 0. The molecule has 1 amide bonds. The molecule has 106 valence electrons. The fraction of sp³-hybridized carbons (Fsp3) is 0.429. The first-order valence-electron chi connectivity index (χ1n) is 6.74. The molecule has 5 nitrogen and oxygen atoms in total. The maximum atomic E-state index is 13.3. The number of rotatable bonds is 2. The van der Waals surface area contributed by atoms with Gasteiger partial charge in [0.2, 0.25) is 5.91 Å². The maximum absolute atomic E-state index is 13.3. The zero-order valence-electron chi connectivity index (χ0n) is 10.9. The van der Waals surface area contributed by atoms with E-state index < -0.39 is 0 Å². The van der Waals surface area contributed by atoms with Gasteiger partial charge in [-0.25, -0.2) is 10.2 Å². The molecule has 1 saturated carbocycles. The number of nitrogens with one attached hydrogen (secondary N) is 1. The van der Waals surface area contributed by atoms with Crippen molar-refractivity contribution < 1.29 is 13.7 Å². The fourth-order valence-electron chi connectivity index (χ4n) is 2.97. The number of nitrogens with zero attached hydrogens (tertiary/aromatic N) is 1. The van der Waals surface area contributed by atoms with E-state index in [0.717, 1.165) is 36.8 Å². The van der Waals surface area contributed by atoms with Gasteiger partial charge in [0.15, 0.2) is 5.58 Å². The van der Waals surface area contributed by atoms with Gasteiger partial charge in [-0.3, -0.25) is 10.2 Å². The average molecular weight is 277 g/mol. The Morgan fingerprint density at radius 1 is 1.35 bits per heavy atom. The number of hydrazine groups is 1. The molecule has 2 aromatic rings. The lowest BCUT2D eigenvalue weighted by atomic mass is 9.79. The van der Waals surface area contributed by atoms with E-state index in [4.69, 9.17) is 10.4 Å². The Hall–Kier alpha value is -1.95. The summed E-state index contributed by atoms with van der Waals surface area (Å²) in [5.41, 5.74) is 3.60. The van der Waals surface area contributed by atoms with Crippen LogP contribution in [0, 0.1) is 11.7 Å². The van der Waals surface area contributed by atoms with Gasteiger partial charge in [-0.1, -0.05) is 5.16 Å². The number of nitrogens with two attached hydrogens (primary N) is 1. The van der Waals surface area contributed by atoms with Gasteiger partial charge in [0.1, 0.15) is 5.82 Å². The summed E-state index contributed by atoms with van der Waals surface area (Å²) in [4.78, 5) is 11.5. The lowest BCUT2D eigenvalue weighted by Gasteiger charge is -2.26. The van der Waals surface area contributed by atoms with Crippen LogP contribution in [0.25, 0.3) is 11.0 Å². The summed E-state index contributed by atoms with van der Waals surface area (Å²) in [5.74, 6) is 4.92. The molecule has 1 aliphatic carbocycles. The summed E-state index contributed by atoms with van der Waals surface area (Å²) in [6, 6.07) is 4.41. The molecule has 0 bridgehead atoms. The number of hydrogen-bond acceptors (Lipinski definition) is 4. The standard InChI is InChI=1S/C14H16FN3O2/c15-10-5-6-12-11(7-10)13(18-20-12)8-1-3-9(4-2-8)14(19)17-16/h5-9H,1-4,16H2,(H,17,19)/t8-,9-. The summed E-state index contributed by atoms with van der Waals surface area (Å²) in [6.07, 6.45) is 3.18. The van der Waals surface area contributed by atoms with E-state index in [1.54, 1.807) is 6.07 Å². The molecule has 0 atom stereocenters. The first-order chi connectivity index (χ1) is 9.69. The van der Waals surface area contributed by atoms with Gasteiger partial charge < -0.3 is 4.52 Å². The number of halogens is 1. The Morgan fingerprint density at radius 3 is 2.80 bits per heavy atom. The number of fused-ring (bicyclic) bond motifs is 1. The molecule has 20 heavy (non-hydrogen) atoms. The van der Waals surface area contributed by atoms with Gasteiger partial charge in [-0.05, 0) is 43.9 Å².